The van der Waals surface area contributed by atoms with Gasteiger partial charge in [0.2, 0.25) is 0 Å². The van der Waals surface area contributed by atoms with Crippen molar-refractivity contribution >= 4 is 35.0 Å². The average molecular weight is 508 g/mol. The van der Waals surface area contributed by atoms with Crippen LogP contribution in [0.1, 0.15) is 25.0 Å². The van der Waals surface area contributed by atoms with Gasteiger partial charge in [0.25, 0.3) is 0 Å². The second kappa shape index (κ2) is 10.5. The van der Waals surface area contributed by atoms with Crippen LogP contribution in [0.5, 0.6) is 0 Å². The van der Waals surface area contributed by atoms with Gasteiger partial charge in [0, 0.05) is 64.6 Å². The largest absolute Gasteiger partial charge is 0.389 e. The summed E-state index contributed by atoms with van der Waals surface area (Å²) in [5.41, 5.74) is 4.49. The first-order valence-electron chi connectivity index (χ1n) is 11.2. The number of hydrogen-bond acceptors (Lipinski definition) is 6. The number of dihydropyridines is 1. The lowest BCUT2D eigenvalue weighted by Gasteiger charge is -2.17. The number of benzene rings is 2. The Morgan fingerprint density at radius 3 is 2.64 bits per heavy atom. The van der Waals surface area contributed by atoms with Crippen LogP contribution in [0, 0.1) is 17.0 Å². The molecule has 36 heavy (non-hydrogen) atoms. The van der Waals surface area contributed by atoms with E-state index >= 15 is 0 Å². The molecular weight excluding hydrogens is 480 g/mol. The molecule has 0 radical (unpaired) electrons. The SMILES string of the molecule is CSNc1cc(/C(C=N)=C2\C=CC(c3cnn(CC(C)(C)O)c3)=CN2)cc(-c2ccc(F)cc2F)c1. The Hall–Kier alpha value is -3.69. The summed E-state index contributed by atoms with van der Waals surface area (Å²) >= 11 is 1.39. The summed E-state index contributed by atoms with van der Waals surface area (Å²) in [6.07, 6.45) is 12.3. The van der Waals surface area contributed by atoms with Crippen molar-refractivity contribution in [2.45, 2.75) is 26.0 Å². The van der Waals surface area contributed by atoms with Gasteiger partial charge in [-0.05, 0) is 61.4 Å². The molecule has 1 aliphatic rings. The van der Waals surface area contributed by atoms with Crippen molar-refractivity contribution in [1.82, 2.24) is 15.1 Å². The maximum Gasteiger partial charge on any atom is 0.133 e. The van der Waals surface area contributed by atoms with Crippen LogP contribution in [0.15, 0.2) is 72.8 Å². The van der Waals surface area contributed by atoms with Crippen molar-refractivity contribution in [3.05, 3.63) is 95.6 Å². The highest BCUT2D eigenvalue weighted by molar-refractivity contribution is 7.99. The van der Waals surface area contributed by atoms with Crippen molar-refractivity contribution in [3.8, 4) is 11.1 Å². The Morgan fingerprint density at radius 2 is 2.00 bits per heavy atom. The predicted molar refractivity (Wildman–Crippen MR) is 143 cm³/mol. The molecule has 0 saturated heterocycles. The highest BCUT2D eigenvalue weighted by Crippen LogP contribution is 2.32. The molecule has 2 heterocycles. The van der Waals surface area contributed by atoms with E-state index in [1.807, 2.05) is 36.9 Å². The minimum absolute atomic E-state index is 0.272. The number of hydrogen-bond donors (Lipinski definition) is 4. The predicted octanol–water partition coefficient (Wildman–Crippen LogP) is 5.85. The third-order valence-electron chi connectivity index (χ3n) is 5.47. The summed E-state index contributed by atoms with van der Waals surface area (Å²) in [5, 5.41) is 25.7. The Kier molecular flexibility index (Phi) is 7.42. The van der Waals surface area contributed by atoms with Crippen LogP contribution in [-0.4, -0.2) is 33.0 Å². The van der Waals surface area contributed by atoms with Crippen LogP contribution >= 0.6 is 11.9 Å². The summed E-state index contributed by atoms with van der Waals surface area (Å²) in [5.74, 6) is -1.29. The lowest BCUT2D eigenvalue weighted by Crippen LogP contribution is -2.26. The van der Waals surface area contributed by atoms with E-state index in [4.69, 9.17) is 5.41 Å². The molecule has 0 spiro atoms. The second-order valence-corrected chi connectivity index (χ2v) is 9.63. The van der Waals surface area contributed by atoms with Gasteiger partial charge < -0.3 is 20.6 Å². The fourth-order valence-electron chi connectivity index (χ4n) is 3.92. The summed E-state index contributed by atoms with van der Waals surface area (Å²) in [4.78, 5) is 0. The zero-order valence-electron chi connectivity index (χ0n) is 20.1. The van der Waals surface area contributed by atoms with E-state index in [-0.39, 0.29) is 5.56 Å². The molecule has 0 atom stereocenters. The average Bonchev–Trinajstić information content (AvgIpc) is 3.27. The first kappa shape index (κ1) is 25.4. The van der Waals surface area contributed by atoms with Gasteiger partial charge in [-0.15, -0.1) is 0 Å². The van der Waals surface area contributed by atoms with Gasteiger partial charge in [-0.2, -0.15) is 5.10 Å². The van der Waals surface area contributed by atoms with Crippen LogP contribution in [0.2, 0.25) is 0 Å². The van der Waals surface area contributed by atoms with Gasteiger partial charge >= 0.3 is 0 Å². The number of halogens is 2. The molecule has 1 aromatic heterocycles. The van der Waals surface area contributed by atoms with Crippen molar-refractivity contribution < 1.29 is 13.9 Å². The molecule has 1 aliphatic heterocycles. The standard InChI is InChI=1S/C27H27F2N5OS/c1-27(2,35)16-34-15-20(14-32-34)17-4-7-26(31-13-17)24(12-30)19-8-18(9-22(10-19)33-36-3)23-6-5-21(28)11-25(23)29/h4-15,30-31,33,35H,16H2,1-3H3/b26-24+,30-12?. The maximum atomic E-state index is 14.5. The van der Waals surface area contributed by atoms with Crippen LogP contribution in [0.4, 0.5) is 14.5 Å². The van der Waals surface area contributed by atoms with E-state index in [2.05, 4.69) is 15.1 Å². The van der Waals surface area contributed by atoms with Crippen molar-refractivity contribution in [1.29, 1.82) is 5.41 Å². The molecule has 4 N–H and O–H groups in total. The number of aromatic nitrogens is 2. The number of allylic oxidation sites excluding steroid dienone is 4. The molecular formula is C27H27F2N5OS. The Bertz CT molecular complexity index is 1390. The Morgan fingerprint density at radius 1 is 1.19 bits per heavy atom. The third kappa shape index (κ3) is 5.92. The number of nitrogens with one attached hydrogen (secondary N) is 3. The normalized spacial score (nSPS) is 14.8. The quantitative estimate of drug-likeness (QED) is 0.227. The number of anilines is 1. The van der Waals surface area contributed by atoms with Gasteiger partial charge in [0.05, 0.1) is 18.3 Å². The summed E-state index contributed by atoms with van der Waals surface area (Å²) < 4.78 is 32.9. The van der Waals surface area contributed by atoms with Crippen LogP contribution in [-0.2, 0) is 6.54 Å². The zero-order valence-corrected chi connectivity index (χ0v) is 21.0. The fourth-order valence-corrected chi connectivity index (χ4v) is 4.28. The molecule has 0 aliphatic carbocycles. The van der Waals surface area contributed by atoms with E-state index < -0.39 is 17.2 Å². The lowest BCUT2D eigenvalue weighted by molar-refractivity contribution is 0.0577. The van der Waals surface area contributed by atoms with Crippen LogP contribution in [0.3, 0.4) is 0 Å². The van der Waals surface area contributed by atoms with E-state index in [9.17, 15) is 13.9 Å². The number of rotatable bonds is 8. The van der Waals surface area contributed by atoms with Gasteiger partial charge in [-0.1, -0.05) is 18.0 Å². The monoisotopic (exact) mass is 507 g/mol. The highest BCUT2D eigenvalue weighted by atomic mass is 32.2. The number of nitrogens with zero attached hydrogens (tertiary/aromatic N) is 2. The smallest absolute Gasteiger partial charge is 0.133 e. The molecule has 186 valence electrons. The Labute approximate surface area is 213 Å². The van der Waals surface area contributed by atoms with Gasteiger partial charge in [0.1, 0.15) is 11.6 Å². The summed E-state index contributed by atoms with van der Waals surface area (Å²) in [6, 6.07) is 8.95. The van der Waals surface area contributed by atoms with Crippen LogP contribution < -0.4 is 10.0 Å². The molecule has 3 aromatic rings. The minimum atomic E-state index is -0.873. The van der Waals surface area contributed by atoms with Gasteiger partial charge in [0.15, 0.2) is 0 Å². The van der Waals surface area contributed by atoms with Crippen molar-refractivity contribution in [3.63, 3.8) is 0 Å². The molecule has 4 rings (SSSR count). The fraction of sp³-hybridized carbons (Fsp3) is 0.185. The molecule has 9 heteroatoms. The van der Waals surface area contributed by atoms with Gasteiger partial charge in [-0.25, -0.2) is 8.78 Å². The van der Waals surface area contributed by atoms with E-state index in [1.54, 1.807) is 36.9 Å². The molecule has 2 aromatic carbocycles. The second-order valence-electron chi connectivity index (χ2n) is 9.02. The molecule has 0 fully saturated rings. The Balaban J connectivity index is 1.67. The third-order valence-corrected chi connectivity index (χ3v) is 5.91. The minimum Gasteiger partial charge on any atom is -0.389 e. The van der Waals surface area contributed by atoms with Crippen molar-refractivity contribution in [2.75, 3.05) is 11.0 Å². The number of aliphatic hydroxyl groups is 1. The lowest BCUT2D eigenvalue weighted by atomic mass is 9.96. The first-order valence-corrected chi connectivity index (χ1v) is 12.4. The summed E-state index contributed by atoms with van der Waals surface area (Å²) in [6.45, 7) is 3.83. The maximum absolute atomic E-state index is 14.5. The molecule has 0 amide bonds. The van der Waals surface area contributed by atoms with E-state index in [0.29, 0.717) is 28.9 Å². The molecule has 0 saturated carbocycles. The molecule has 0 unspecified atom stereocenters. The van der Waals surface area contributed by atoms with Crippen LogP contribution in [0.25, 0.3) is 22.3 Å². The first-order chi connectivity index (χ1) is 17.2. The van der Waals surface area contributed by atoms with E-state index in [0.717, 1.165) is 22.9 Å². The summed E-state index contributed by atoms with van der Waals surface area (Å²) in [7, 11) is 0. The topological polar surface area (TPSA) is 86.0 Å². The van der Waals surface area contributed by atoms with E-state index in [1.165, 1.54) is 30.3 Å². The zero-order chi connectivity index (χ0) is 25.9. The molecule has 6 nitrogen and oxygen atoms in total. The van der Waals surface area contributed by atoms with Gasteiger partial charge in [-0.3, -0.25) is 4.68 Å². The van der Waals surface area contributed by atoms with Crippen molar-refractivity contribution in [2.24, 2.45) is 0 Å². The highest BCUT2D eigenvalue weighted by Gasteiger charge is 2.16. The molecule has 0 bridgehead atoms.